The van der Waals surface area contributed by atoms with Gasteiger partial charge in [0.25, 0.3) is 5.72 Å². The molecule has 2 aromatic carbocycles. The van der Waals surface area contributed by atoms with Crippen LogP contribution in [0.2, 0.25) is 0 Å². The van der Waals surface area contributed by atoms with Crippen molar-refractivity contribution in [3.05, 3.63) is 59.4 Å². The summed E-state index contributed by atoms with van der Waals surface area (Å²) in [4.78, 5) is 3.74. The van der Waals surface area contributed by atoms with Crippen LogP contribution in [0.3, 0.4) is 0 Å². The molecule has 0 fully saturated rings. The lowest BCUT2D eigenvalue weighted by Crippen LogP contribution is -2.47. The number of amidine groups is 1. The molecule has 0 spiro atoms. The van der Waals surface area contributed by atoms with E-state index in [1.54, 1.807) is 0 Å². The highest BCUT2D eigenvalue weighted by atomic mass is 32.2. The Balaban J connectivity index is 2.16. The van der Waals surface area contributed by atoms with E-state index >= 15 is 0 Å². The maximum Gasteiger partial charge on any atom is 0.440 e. The topological polar surface area (TPSA) is 70.0 Å². The summed E-state index contributed by atoms with van der Waals surface area (Å²) in [5, 5.41) is 10.0. The van der Waals surface area contributed by atoms with Crippen molar-refractivity contribution in [1.29, 1.82) is 0 Å². The van der Waals surface area contributed by atoms with Crippen LogP contribution in [0.4, 0.5) is 36.4 Å². The Morgan fingerprint density at radius 3 is 2.10 bits per heavy atom. The van der Waals surface area contributed by atoms with Crippen LogP contribution in [0.25, 0.3) is 0 Å². The lowest BCUT2D eigenvalue weighted by atomic mass is 10.1. The predicted octanol–water partition coefficient (Wildman–Crippen LogP) is 3.77. The summed E-state index contributed by atoms with van der Waals surface area (Å²) in [7, 11) is -3.64. The van der Waals surface area contributed by atoms with Crippen molar-refractivity contribution in [2.24, 2.45) is 4.99 Å². The monoisotopic (exact) mass is 470 g/mol. The fraction of sp³-hybridized carbons (Fsp3) is 0.278. The molecule has 0 amide bonds. The van der Waals surface area contributed by atoms with E-state index in [1.165, 1.54) is 0 Å². The summed E-state index contributed by atoms with van der Waals surface area (Å²) in [6.07, 6.45) is -9.38. The van der Waals surface area contributed by atoms with Gasteiger partial charge in [-0.15, -0.1) is 0 Å². The van der Waals surface area contributed by atoms with Crippen molar-refractivity contribution < 1.29 is 44.3 Å². The first-order chi connectivity index (χ1) is 14.0. The molecule has 168 valence electrons. The van der Waals surface area contributed by atoms with Gasteiger partial charge >= 0.3 is 12.4 Å². The van der Waals surface area contributed by atoms with Crippen molar-refractivity contribution in [3.63, 3.8) is 0 Å². The van der Waals surface area contributed by atoms with E-state index in [0.717, 1.165) is 35.4 Å². The number of aliphatic imine (C=N–C) groups is 1. The SMILES string of the molecule is CS(=O)(=O)c1ccc(N2CC(O)(C(F)(F)F)N=C2c2cc(F)cc(C(F)(F)F)c2)cc1. The molecule has 1 heterocycles. The van der Waals surface area contributed by atoms with Crippen LogP contribution in [0.5, 0.6) is 0 Å². The molecule has 0 radical (unpaired) electrons. The number of benzene rings is 2. The molecule has 5 nitrogen and oxygen atoms in total. The van der Waals surface area contributed by atoms with Crippen LogP contribution in [0.1, 0.15) is 11.1 Å². The molecule has 1 unspecified atom stereocenters. The Morgan fingerprint density at radius 2 is 1.61 bits per heavy atom. The number of hydrogen-bond acceptors (Lipinski definition) is 5. The van der Waals surface area contributed by atoms with E-state index in [9.17, 15) is 44.3 Å². The molecule has 0 saturated carbocycles. The van der Waals surface area contributed by atoms with Crippen LogP contribution in [-0.4, -0.2) is 44.1 Å². The Kier molecular flexibility index (Phi) is 5.34. The molecule has 1 aliphatic heterocycles. The number of nitrogens with zero attached hydrogens (tertiary/aromatic N) is 2. The Bertz CT molecular complexity index is 1140. The molecule has 0 saturated heterocycles. The Morgan fingerprint density at radius 1 is 1.03 bits per heavy atom. The van der Waals surface area contributed by atoms with Gasteiger partial charge in [0.05, 0.1) is 17.0 Å². The van der Waals surface area contributed by atoms with Gasteiger partial charge in [-0.25, -0.2) is 17.8 Å². The molecular weight excluding hydrogens is 457 g/mol. The first-order valence-corrected chi connectivity index (χ1v) is 10.3. The van der Waals surface area contributed by atoms with E-state index < -0.39 is 57.2 Å². The van der Waals surface area contributed by atoms with Crippen LogP contribution in [-0.2, 0) is 16.0 Å². The summed E-state index contributed by atoms with van der Waals surface area (Å²) in [6.45, 7) is -1.23. The number of β-amino-alcohol motifs (C(OH)–C–C–N with tert-alkyl or cyclic N) is 1. The molecule has 1 aliphatic rings. The zero-order chi connectivity index (χ0) is 23.4. The fourth-order valence-electron chi connectivity index (χ4n) is 2.91. The smallest absolute Gasteiger partial charge is 0.361 e. The fourth-order valence-corrected chi connectivity index (χ4v) is 3.54. The number of alkyl halides is 6. The van der Waals surface area contributed by atoms with Gasteiger partial charge in [-0.3, -0.25) is 0 Å². The lowest BCUT2D eigenvalue weighted by Gasteiger charge is -2.26. The van der Waals surface area contributed by atoms with E-state index in [-0.39, 0.29) is 16.6 Å². The van der Waals surface area contributed by atoms with Gasteiger partial charge < -0.3 is 10.0 Å². The average molecular weight is 470 g/mol. The summed E-state index contributed by atoms with van der Waals surface area (Å²) in [5.41, 5.74) is -5.90. The number of sulfone groups is 1. The number of aliphatic hydroxyl groups is 1. The zero-order valence-corrected chi connectivity index (χ0v) is 16.3. The second-order valence-electron chi connectivity index (χ2n) is 6.83. The van der Waals surface area contributed by atoms with Crippen molar-refractivity contribution >= 4 is 21.4 Å². The molecular formula is C18H13F7N2O3S. The Labute approximate surface area is 171 Å². The lowest BCUT2D eigenvalue weighted by molar-refractivity contribution is -0.249. The van der Waals surface area contributed by atoms with Gasteiger partial charge in [0.2, 0.25) is 0 Å². The number of hydrogen-bond donors (Lipinski definition) is 1. The van der Waals surface area contributed by atoms with Crippen LogP contribution in [0.15, 0.2) is 52.4 Å². The third-order valence-corrected chi connectivity index (χ3v) is 5.57. The van der Waals surface area contributed by atoms with Crippen molar-refractivity contribution in [2.75, 3.05) is 17.7 Å². The van der Waals surface area contributed by atoms with Crippen molar-refractivity contribution in [2.45, 2.75) is 23.0 Å². The van der Waals surface area contributed by atoms with Gasteiger partial charge in [0.1, 0.15) is 11.7 Å². The molecule has 1 atom stereocenters. The highest BCUT2D eigenvalue weighted by molar-refractivity contribution is 7.90. The molecule has 2 aromatic rings. The molecule has 13 heteroatoms. The quantitative estimate of drug-likeness (QED) is 0.694. The maximum absolute atomic E-state index is 13.8. The minimum atomic E-state index is -5.29. The third kappa shape index (κ3) is 4.51. The first-order valence-electron chi connectivity index (χ1n) is 8.36. The molecule has 0 aliphatic carbocycles. The zero-order valence-electron chi connectivity index (χ0n) is 15.5. The first kappa shape index (κ1) is 23.0. The largest absolute Gasteiger partial charge is 0.440 e. The molecule has 0 bridgehead atoms. The van der Waals surface area contributed by atoms with Gasteiger partial charge in [-0.2, -0.15) is 26.3 Å². The number of anilines is 1. The molecule has 31 heavy (non-hydrogen) atoms. The van der Waals surface area contributed by atoms with Crippen molar-refractivity contribution in [3.8, 4) is 0 Å². The molecule has 3 rings (SSSR count). The van der Waals surface area contributed by atoms with E-state index in [4.69, 9.17) is 0 Å². The van der Waals surface area contributed by atoms with E-state index in [2.05, 4.69) is 4.99 Å². The molecule has 1 N–H and O–H groups in total. The van der Waals surface area contributed by atoms with Crippen LogP contribution in [0, 0.1) is 5.82 Å². The van der Waals surface area contributed by atoms with Gasteiger partial charge in [0.15, 0.2) is 9.84 Å². The van der Waals surface area contributed by atoms with Gasteiger partial charge in [-0.05, 0) is 42.5 Å². The number of rotatable bonds is 3. The average Bonchev–Trinajstić information content (AvgIpc) is 2.99. The highest BCUT2D eigenvalue weighted by Gasteiger charge is 2.59. The normalized spacial score (nSPS) is 20.2. The molecule has 0 aromatic heterocycles. The summed E-state index contributed by atoms with van der Waals surface area (Å²) in [6, 6.07) is 5.45. The minimum absolute atomic E-state index is 0.107. The highest BCUT2D eigenvalue weighted by Crippen LogP contribution is 2.40. The summed E-state index contributed by atoms with van der Waals surface area (Å²) >= 11 is 0. The van der Waals surface area contributed by atoms with Gasteiger partial charge in [-0.1, -0.05) is 0 Å². The van der Waals surface area contributed by atoms with Gasteiger partial charge in [0, 0.05) is 17.5 Å². The second kappa shape index (κ2) is 7.19. The third-order valence-electron chi connectivity index (χ3n) is 4.44. The minimum Gasteiger partial charge on any atom is -0.361 e. The van der Waals surface area contributed by atoms with Crippen molar-refractivity contribution in [1.82, 2.24) is 0 Å². The second-order valence-corrected chi connectivity index (χ2v) is 8.84. The van der Waals surface area contributed by atoms with E-state index in [0.29, 0.717) is 12.1 Å². The Hall–Kier alpha value is -2.67. The van der Waals surface area contributed by atoms with Crippen LogP contribution >= 0.6 is 0 Å². The predicted molar refractivity (Wildman–Crippen MR) is 95.8 cm³/mol. The van der Waals surface area contributed by atoms with E-state index in [1.807, 2.05) is 0 Å². The number of halogens is 7. The maximum atomic E-state index is 13.8. The summed E-state index contributed by atoms with van der Waals surface area (Å²) < 4.78 is 116. The standard InChI is InChI=1S/C18H13F7N2O3S/c1-31(29,30)14-4-2-13(3-5-14)27-9-16(28,18(23,24)25)26-15(27)10-6-11(17(20,21)22)8-12(19)7-10/h2-8,28H,9H2,1H3. The summed E-state index contributed by atoms with van der Waals surface area (Å²) in [5.74, 6) is -2.14. The van der Waals surface area contributed by atoms with Crippen LogP contribution < -0.4 is 4.90 Å².